The summed E-state index contributed by atoms with van der Waals surface area (Å²) in [6.45, 7) is 2.57. The van der Waals surface area contributed by atoms with Crippen LogP contribution in [0.4, 0.5) is 4.39 Å². The second-order valence-corrected chi connectivity index (χ2v) is 9.93. The van der Waals surface area contributed by atoms with Crippen molar-refractivity contribution in [3.63, 3.8) is 0 Å². The summed E-state index contributed by atoms with van der Waals surface area (Å²) in [4.78, 5) is 24.9. The monoisotopic (exact) mass is 441 g/mol. The van der Waals surface area contributed by atoms with Gasteiger partial charge in [-0.05, 0) is 44.2 Å². The van der Waals surface area contributed by atoms with E-state index in [1.807, 2.05) is 11.8 Å². The van der Waals surface area contributed by atoms with E-state index in [0.717, 1.165) is 24.7 Å². The van der Waals surface area contributed by atoms with Crippen molar-refractivity contribution in [2.75, 3.05) is 18.9 Å². The van der Waals surface area contributed by atoms with Gasteiger partial charge in [-0.1, -0.05) is 11.6 Å². The smallest absolute Gasteiger partial charge is 0.258 e. The van der Waals surface area contributed by atoms with Crippen LogP contribution in [0.2, 0.25) is 5.02 Å². The van der Waals surface area contributed by atoms with Crippen molar-refractivity contribution in [3.05, 3.63) is 29.0 Å². The fourth-order valence-corrected chi connectivity index (χ4v) is 5.82. The van der Waals surface area contributed by atoms with Crippen LogP contribution < -0.4 is 20.7 Å². The number of benzene rings is 1. The van der Waals surface area contributed by atoms with Crippen LogP contribution in [0.1, 0.15) is 26.2 Å². The predicted molar refractivity (Wildman–Crippen MR) is 110 cm³/mol. The van der Waals surface area contributed by atoms with Crippen LogP contribution in [0.3, 0.4) is 0 Å². The number of thioether (sulfide) groups is 1. The molecular formula is C20H25ClFN3O3S. The minimum atomic E-state index is -0.588. The number of rotatable bonds is 7. The molecule has 4 aliphatic rings. The van der Waals surface area contributed by atoms with Gasteiger partial charge in [0.15, 0.2) is 6.61 Å². The molecule has 0 radical (unpaired) electrons. The zero-order valence-corrected chi connectivity index (χ0v) is 17.7. The molecule has 9 heteroatoms. The first kappa shape index (κ1) is 20.8. The summed E-state index contributed by atoms with van der Waals surface area (Å²) in [7, 11) is 0. The highest BCUT2D eigenvalue weighted by Crippen LogP contribution is 2.58. The standard InChI is InChI=1S/C20H25ClFN3O3S/c1-11-10-29-18(24-11)8-23-19(27)20-5-12(6-20)16(7-20)25-17(26)9-28-13-2-3-14(21)15(22)4-13/h2-4,11-12,16,18,24H,5-10H2,1H3,(H,23,27)(H,25,26)/t11?,12?,16-,18?,20?/m0/s1. The molecule has 1 aromatic carbocycles. The highest BCUT2D eigenvalue weighted by Gasteiger charge is 2.60. The molecule has 1 aromatic rings. The molecule has 6 nitrogen and oxygen atoms in total. The molecule has 2 unspecified atom stereocenters. The van der Waals surface area contributed by atoms with Gasteiger partial charge < -0.3 is 20.7 Å². The van der Waals surface area contributed by atoms with E-state index in [0.29, 0.717) is 24.9 Å². The maximum atomic E-state index is 13.4. The number of amides is 2. The van der Waals surface area contributed by atoms with Crippen molar-refractivity contribution in [2.45, 2.75) is 43.6 Å². The third kappa shape index (κ3) is 4.49. The number of carbonyl (C=O) groups is 2. The molecule has 3 N–H and O–H groups in total. The van der Waals surface area contributed by atoms with Gasteiger partial charge in [0.25, 0.3) is 5.91 Å². The Hall–Kier alpha value is -1.51. The van der Waals surface area contributed by atoms with Gasteiger partial charge >= 0.3 is 0 Å². The molecule has 0 aromatic heterocycles. The summed E-state index contributed by atoms with van der Waals surface area (Å²) in [6.07, 6.45) is 2.29. The van der Waals surface area contributed by atoms with Crippen LogP contribution in [0.25, 0.3) is 0 Å². The maximum absolute atomic E-state index is 13.4. The number of ether oxygens (including phenoxy) is 1. The van der Waals surface area contributed by atoms with Crippen molar-refractivity contribution in [2.24, 2.45) is 11.3 Å². The topological polar surface area (TPSA) is 79.5 Å². The first-order valence-corrected chi connectivity index (χ1v) is 11.3. The Labute approximate surface area is 178 Å². The molecule has 5 rings (SSSR count). The number of halogens is 2. The molecule has 3 atom stereocenters. The average molecular weight is 442 g/mol. The van der Waals surface area contributed by atoms with E-state index >= 15 is 0 Å². The quantitative estimate of drug-likeness (QED) is 0.605. The Morgan fingerprint density at radius 3 is 2.86 bits per heavy atom. The average Bonchev–Trinajstić information content (AvgIpc) is 3.33. The second kappa shape index (κ2) is 8.32. The highest BCUT2D eigenvalue weighted by molar-refractivity contribution is 8.00. The molecular weight excluding hydrogens is 417 g/mol. The molecule has 4 fully saturated rings. The van der Waals surface area contributed by atoms with E-state index in [2.05, 4.69) is 22.9 Å². The van der Waals surface area contributed by atoms with Gasteiger partial charge in [-0.3, -0.25) is 9.59 Å². The molecule has 3 aliphatic carbocycles. The highest BCUT2D eigenvalue weighted by atomic mass is 35.5. The van der Waals surface area contributed by atoms with Gasteiger partial charge in [0.2, 0.25) is 5.91 Å². The lowest BCUT2D eigenvalue weighted by molar-refractivity contribution is -0.134. The van der Waals surface area contributed by atoms with Crippen molar-refractivity contribution in [3.8, 4) is 5.75 Å². The second-order valence-electron chi connectivity index (χ2n) is 8.29. The number of carbonyl (C=O) groups excluding carboxylic acids is 2. The normalized spacial score (nSPS) is 32.5. The Morgan fingerprint density at radius 1 is 1.38 bits per heavy atom. The first-order chi connectivity index (χ1) is 13.8. The lowest BCUT2D eigenvalue weighted by Gasteiger charge is -2.37. The number of fused-ring (bicyclic) bond motifs is 1. The molecule has 3 saturated carbocycles. The first-order valence-electron chi connectivity index (χ1n) is 9.88. The van der Waals surface area contributed by atoms with Crippen LogP contribution in [-0.2, 0) is 9.59 Å². The summed E-state index contributed by atoms with van der Waals surface area (Å²) in [6, 6.07) is 4.52. The van der Waals surface area contributed by atoms with Gasteiger partial charge in [0, 0.05) is 30.4 Å². The molecule has 2 amide bonds. The third-order valence-electron chi connectivity index (χ3n) is 6.04. The summed E-state index contributed by atoms with van der Waals surface area (Å²) >= 11 is 7.47. The van der Waals surface area contributed by atoms with E-state index in [4.69, 9.17) is 16.3 Å². The fraction of sp³-hybridized carbons (Fsp3) is 0.600. The Balaban J connectivity index is 1.21. The van der Waals surface area contributed by atoms with Crippen LogP contribution in [-0.4, -0.2) is 48.2 Å². The van der Waals surface area contributed by atoms with E-state index in [1.54, 1.807) is 0 Å². The number of hydrogen-bond donors (Lipinski definition) is 3. The molecule has 0 spiro atoms. The van der Waals surface area contributed by atoms with Crippen molar-refractivity contribution in [1.82, 2.24) is 16.0 Å². The lowest BCUT2D eigenvalue weighted by atomic mass is 9.69. The summed E-state index contributed by atoms with van der Waals surface area (Å²) in [5.74, 6) is 0.884. The largest absolute Gasteiger partial charge is 0.484 e. The Morgan fingerprint density at radius 2 is 2.17 bits per heavy atom. The molecule has 29 heavy (non-hydrogen) atoms. The van der Waals surface area contributed by atoms with Crippen molar-refractivity contribution in [1.29, 1.82) is 0 Å². The summed E-state index contributed by atoms with van der Waals surface area (Å²) in [5.41, 5.74) is -0.350. The predicted octanol–water partition coefficient (Wildman–Crippen LogP) is 2.31. The molecule has 1 saturated heterocycles. The van der Waals surface area contributed by atoms with E-state index in [9.17, 15) is 14.0 Å². The van der Waals surface area contributed by atoms with Crippen molar-refractivity contribution >= 4 is 35.2 Å². The zero-order chi connectivity index (χ0) is 20.6. The molecule has 158 valence electrons. The molecule has 1 heterocycles. The van der Waals surface area contributed by atoms with E-state index < -0.39 is 5.82 Å². The maximum Gasteiger partial charge on any atom is 0.258 e. The van der Waals surface area contributed by atoms with Gasteiger partial charge in [0.1, 0.15) is 11.6 Å². The minimum absolute atomic E-state index is 0.00734. The van der Waals surface area contributed by atoms with Gasteiger partial charge in [-0.15, -0.1) is 11.8 Å². The minimum Gasteiger partial charge on any atom is -0.484 e. The molecule has 2 bridgehead atoms. The third-order valence-corrected chi connectivity index (χ3v) is 7.74. The SMILES string of the molecule is CC1CSC(CNC(=O)C23CC(C2)[C@@H](NC(=O)COc2ccc(Cl)c(F)c2)C3)N1. The van der Waals surface area contributed by atoms with Gasteiger partial charge in [-0.25, -0.2) is 4.39 Å². The Kier molecular flexibility index (Phi) is 5.95. The van der Waals surface area contributed by atoms with Gasteiger partial charge in [-0.2, -0.15) is 0 Å². The van der Waals surface area contributed by atoms with Crippen LogP contribution >= 0.6 is 23.4 Å². The van der Waals surface area contributed by atoms with E-state index in [1.165, 1.54) is 12.1 Å². The van der Waals surface area contributed by atoms with E-state index in [-0.39, 0.29) is 46.0 Å². The Bertz CT molecular complexity index is 805. The van der Waals surface area contributed by atoms with Crippen molar-refractivity contribution < 1.29 is 18.7 Å². The zero-order valence-electron chi connectivity index (χ0n) is 16.2. The number of hydrogen-bond acceptors (Lipinski definition) is 5. The summed E-state index contributed by atoms with van der Waals surface area (Å²) < 4.78 is 18.8. The van der Waals surface area contributed by atoms with Crippen LogP contribution in [0.15, 0.2) is 18.2 Å². The molecule has 1 aliphatic heterocycles. The lowest BCUT2D eigenvalue weighted by Crippen LogP contribution is -2.47. The number of nitrogens with one attached hydrogen (secondary N) is 3. The van der Waals surface area contributed by atoms with Gasteiger partial charge in [0.05, 0.1) is 15.8 Å². The summed E-state index contributed by atoms with van der Waals surface area (Å²) in [5, 5.41) is 9.78. The fourth-order valence-electron chi connectivity index (χ4n) is 4.56. The van der Waals surface area contributed by atoms with Crippen LogP contribution in [0.5, 0.6) is 5.75 Å². The van der Waals surface area contributed by atoms with Crippen LogP contribution in [0, 0.1) is 17.2 Å².